The Labute approximate surface area is 156 Å². The van der Waals surface area contributed by atoms with Crippen LogP contribution in [0.5, 0.6) is 0 Å². The van der Waals surface area contributed by atoms with Crippen molar-refractivity contribution in [3.63, 3.8) is 0 Å². The number of hydrogen-bond donors (Lipinski definition) is 1. The van der Waals surface area contributed by atoms with Crippen molar-refractivity contribution in [3.8, 4) is 17.2 Å². The summed E-state index contributed by atoms with van der Waals surface area (Å²) >= 11 is 0. The van der Waals surface area contributed by atoms with Crippen LogP contribution < -0.4 is 0 Å². The lowest BCUT2D eigenvalue weighted by Gasteiger charge is -2.10. The van der Waals surface area contributed by atoms with E-state index >= 15 is 0 Å². The van der Waals surface area contributed by atoms with Gasteiger partial charge in [-0.05, 0) is 34.9 Å². The highest BCUT2D eigenvalue weighted by Gasteiger charge is 2.15. The number of hydrogen-bond acceptors (Lipinski definition) is 2. The molecular weight excluding hydrogens is 336 g/mol. The van der Waals surface area contributed by atoms with Crippen molar-refractivity contribution in [2.45, 2.75) is 6.54 Å². The fourth-order valence-corrected chi connectivity index (χ4v) is 3.29. The maximum Gasteiger partial charge on any atom is 0.352 e. The summed E-state index contributed by atoms with van der Waals surface area (Å²) < 4.78 is 1.75. The maximum atomic E-state index is 11.7. The predicted octanol–water partition coefficient (Wildman–Crippen LogP) is 4.93. The van der Waals surface area contributed by atoms with Gasteiger partial charge in [0.2, 0.25) is 0 Å². The number of rotatable bonds is 4. The number of carboxylic acid groups (broad SMARTS) is 1. The number of nitrogens with zero attached hydrogens (tertiary/aromatic N) is 2. The van der Waals surface area contributed by atoms with Gasteiger partial charge in [0.1, 0.15) is 5.69 Å². The summed E-state index contributed by atoms with van der Waals surface area (Å²) in [6, 6.07) is 27.2. The normalized spacial score (nSPS) is 10.6. The van der Waals surface area contributed by atoms with E-state index < -0.39 is 5.97 Å². The number of nitriles is 1. The molecule has 3 aromatic carbocycles. The van der Waals surface area contributed by atoms with Crippen LogP contribution in [0, 0.1) is 11.3 Å². The molecule has 0 atom stereocenters. The second-order valence-electron chi connectivity index (χ2n) is 6.37. The summed E-state index contributed by atoms with van der Waals surface area (Å²) in [6.07, 6.45) is 0. The smallest absolute Gasteiger partial charge is 0.352 e. The van der Waals surface area contributed by atoms with Crippen LogP contribution in [0.25, 0.3) is 22.0 Å². The molecule has 0 amide bonds. The fourth-order valence-electron chi connectivity index (χ4n) is 3.29. The molecule has 4 heteroatoms. The monoisotopic (exact) mass is 352 g/mol. The summed E-state index contributed by atoms with van der Waals surface area (Å²) in [5.74, 6) is -0.981. The molecule has 27 heavy (non-hydrogen) atoms. The zero-order valence-electron chi connectivity index (χ0n) is 14.5. The number of aromatic carboxylic acids is 1. The Hall–Kier alpha value is -3.84. The van der Waals surface area contributed by atoms with Crippen molar-refractivity contribution >= 4 is 16.9 Å². The van der Waals surface area contributed by atoms with Crippen LogP contribution >= 0.6 is 0 Å². The average molecular weight is 352 g/mol. The Bertz CT molecular complexity index is 1170. The van der Waals surface area contributed by atoms with E-state index in [4.69, 9.17) is 5.26 Å². The zero-order chi connectivity index (χ0) is 18.8. The van der Waals surface area contributed by atoms with Gasteiger partial charge in [0.25, 0.3) is 0 Å². The predicted molar refractivity (Wildman–Crippen MR) is 105 cm³/mol. The Kier molecular flexibility index (Phi) is 4.19. The van der Waals surface area contributed by atoms with Crippen LogP contribution in [-0.2, 0) is 6.54 Å². The highest BCUT2D eigenvalue weighted by atomic mass is 16.4. The number of aromatic nitrogens is 1. The summed E-state index contributed by atoms with van der Waals surface area (Å²) in [5.41, 5.74) is 4.73. The van der Waals surface area contributed by atoms with Gasteiger partial charge >= 0.3 is 5.97 Å². The highest BCUT2D eigenvalue weighted by Crippen LogP contribution is 2.24. The van der Waals surface area contributed by atoms with Gasteiger partial charge in [-0.25, -0.2) is 4.79 Å². The van der Waals surface area contributed by atoms with Crippen LogP contribution in [0.2, 0.25) is 0 Å². The van der Waals surface area contributed by atoms with E-state index in [1.807, 2.05) is 42.5 Å². The fraction of sp³-hybridized carbons (Fsp3) is 0.0435. The minimum atomic E-state index is -0.981. The molecule has 0 spiro atoms. The maximum absolute atomic E-state index is 11.7. The van der Waals surface area contributed by atoms with E-state index in [2.05, 4.69) is 18.2 Å². The molecule has 4 rings (SSSR count). The lowest BCUT2D eigenvalue weighted by atomic mass is 10.0. The molecule has 0 saturated carbocycles. The van der Waals surface area contributed by atoms with E-state index in [0.717, 1.165) is 27.6 Å². The summed E-state index contributed by atoms with van der Waals surface area (Å²) in [5, 5.41) is 19.5. The Morgan fingerprint density at radius 3 is 2.30 bits per heavy atom. The van der Waals surface area contributed by atoms with Crippen LogP contribution in [-0.4, -0.2) is 15.6 Å². The van der Waals surface area contributed by atoms with Gasteiger partial charge in [-0.1, -0.05) is 60.7 Å². The number of carbonyl (C=O) groups is 1. The average Bonchev–Trinajstić information content (AvgIpc) is 3.07. The first-order chi connectivity index (χ1) is 13.2. The molecule has 0 radical (unpaired) electrons. The van der Waals surface area contributed by atoms with Crippen molar-refractivity contribution in [1.29, 1.82) is 5.26 Å². The number of carboxylic acids is 1. The van der Waals surface area contributed by atoms with Gasteiger partial charge in [0.05, 0.1) is 17.1 Å². The summed E-state index contributed by atoms with van der Waals surface area (Å²) in [7, 11) is 0. The first-order valence-electron chi connectivity index (χ1n) is 8.57. The van der Waals surface area contributed by atoms with Gasteiger partial charge in [0, 0.05) is 11.9 Å². The number of fused-ring (bicyclic) bond motifs is 1. The third-order valence-corrected chi connectivity index (χ3v) is 4.65. The topological polar surface area (TPSA) is 66.0 Å². The Morgan fingerprint density at radius 1 is 0.926 bits per heavy atom. The lowest BCUT2D eigenvalue weighted by Crippen LogP contribution is -2.09. The first kappa shape index (κ1) is 16.6. The van der Waals surface area contributed by atoms with Crippen molar-refractivity contribution in [2.75, 3.05) is 0 Å². The molecule has 1 aromatic heterocycles. The molecule has 130 valence electrons. The van der Waals surface area contributed by atoms with Crippen LogP contribution in [0.15, 0.2) is 78.9 Å². The largest absolute Gasteiger partial charge is 0.477 e. The molecule has 0 unspecified atom stereocenters. The molecule has 0 aliphatic carbocycles. The summed E-state index contributed by atoms with van der Waals surface area (Å²) in [4.78, 5) is 11.7. The van der Waals surface area contributed by atoms with Gasteiger partial charge in [-0.2, -0.15) is 5.26 Å². The van der Waals surface area contributed by atoms with Gasteiger partial charge in [-0.15, -0.1) is 0 Å². The van der Waals surface area contributed by atoms with E-state index in [-0.39, 0.29) is 5.69 Å². The molecule has 0 fully saturated rings. The molecule has 0 saturated heterocycles. The third-order valence-electron chi connectivity index (χ3n) is 4.65. The van der Waals surface area contributed by atoms with Gasteiger partial charge in [0.15, 0.2) is 0 Å². The first-order valence-corrected chi connectivity index (χ1v) is 8.57. The second-order valence-corrected chi connectivity index (χ2v) is 6.37. The highest BCUT2D eigenvalue weighted by molar-refractivity contribution is 5.95. The Morgan fingerprint density at radius 2 is 1.63 bits per heavy atom. The summed E-state index contributed by atoms with van der Waals surface area (Å²) in [6.45, 7) is 0.426. The van der Waals surface area contributed by atoms with E-state index in [1.54, 1.807) is 28.8 Å². The quantitative estimate of drug-likeness (QED) is 0.566. The molecule has 4 aromatic rings. The van der Waals surface area contributed by atoms with Gasteiger partial charge < -0.3 is 9.67 Å². The van der Waals surface area contributed by atoms with Crippen LogP contribution in [0.4, 0.5) is 0 Å². The molecule has 0 aliphatic rings. The van der Waals surface area contributed by atoms with E-state index in [1.165, 1.54) is 0 Å². The lowest BCUT2D eigenvalue weighted by molar-refractivity contribution is 0.0686. The molecule has 4 nitrogen and oxygen atoms in total. The minimum absolute atomic E-state index is 0.215. The van der Waals surface area contributed by atoms with Crippen molar-refractivity contribution < 1.29 is 9.90 Å². The molecular formula is C23H16N2O2. The van der Waals surface area contributed by atoms with Crippen molar-refractivity contribution in [1.82, 2.24) is 4.57 Å². The van der Waals surface area contributed by atoms with Gasteiger partial charge in [-0.3, -0.25) is 0 Å². The molecule has 0 bridgehead atoms. The zero-order valence-corrected chi connectivity index (χ0v) is 14.5. The van der Waals surface area contributed by atoms with E-state index in [0.29, 0.717) is 12.1 Å². The standard InChI is InChI=1S/C23H16N2O2/c24-14-17-8-11-20-13-22(23(26)27)25(21(20)12-17)15-16-6-9-19(10-7-16)18-4-2-1-3-5-18/h1-13H,15H2,(H,26,27). The second kappa shape index (κ2) is 6.81. The van der Waals surface area contributed by atoms with E-state index in [9.17, 15) is 9.90 Å². The SMILES string of the molecule is N#Cc1ccc2cc(C(=O)O)n(Cc3ccc(-c4ccccc4)cc3)c2c1. The number of benzene rings is 3. The minimum Gasteiger partial charge on any atom is -0.477 e. The third kappa shape index (κ3) is 3.19. The van der Waals surface area contributed by atoms with Crippen LogP contribution in [0.3, 0.4) is 0 Å². The molecule has 1 N–H and O–H groups in total. The molecule has 1 heterocycles. The van der Waals surface area contributed by atoms with Crippen LogP contribution in [0.1, 0.15) is 21.6 Å². The van der Waals surface area contributed by atoms with Crippen molar-refractivity contribution in [2.24, 2.45) is 0 Å². The molecule has 0 aliphatic heterocycles. The Balaban J connectivity index is 1.73. The van der Waals surface area contributed by atoms with Crippen molar-refractivity contribution in [3.05, 3.63) is 95.7 Å².